The van der Waals surface area contributed by atoms with Crippen molar-refractivity contribution in [1.82, 2.24) is 0 Å². The molecule has 0 spiro atoms. The molecule has 0 saturated carbocycles. The Kier molecular flexibility index (Phi) is 3.81. The van der Waals surface area contributed by atoms with Gasteiger partial charge in [0.15, 0.2) is 0 Å². The van der Waals surface area contributed by atoms with Crippen molar-refractivity contribution in [2.45, 2.75) is 54.4 Å². The third-order valence-electron chi connectivity index (χ3n) is 2.66. The van der Waals surface area contributed by atoms with Crippen LogP contribution in [0.15, 0.2) is 0 Å². The van der Waals surface area contributed by atoms with E-state index in [2.05, 4.69) is 48.5 Å². The van der Waals surface area contributed by atoms with Crippen molar-refractivity contribution < 1.29 is 0 Å². The number of rotatable bonds is 3. The maximum atomic E-state index is 4.17. The standard InChI is InChI=1S/C12H25/c1-10(12(5,6)7)8-9-11(2,3)4/h10H,5,8-9H2,1-4,6-7H3. The first-order chi connectivity index (χ1) is 5.13. The quantitative estimate of drug-likeness (QED) is 0.590. The molecule has 1 atom stereocenters. The molecule has 0 aliphatic carbocycles. The number of hydrogen-bond donors (Lipinski definition) is 0. The topological polar surface area (TPSA) is 0 Å². The van der Waals surface area contributed by atoms with Crippen LogP contribution in [0.3, 0.4) is 0 Å². The van der Waals surface area contributed by atoms with Crippen molar-refractivity contribution in [2.24, 2.45) is 16.7 Å². The second kappa shape index (κ2) is 3.81. The van der Waals surface area contributed by atoms with Gasteiger partial charge in [0.1, 0.15) is 0 Å². The van der Waals surface area contributed by atoms with Gasteiger partial charge < -0.3 is 0 Å². The van der Waals surface area contributed by atoms with Crippen LogP contribution in [0.2, 0.25) is 0 Å². The monoisotopic (exact) mass is 169 g/mol. The predicted molar refractivity (Wildman–Crippen MR) is 57.0 cm³/mol. The highest BCUT2D eigenvalue weighted by Crippen LogP contribution is 2.32. The molecule has 0 N–H and O–H groups in total. The summed E-state index contributed by atoms with van der Waals surface area (Å²) in [5.74, 6) is 0.719. The molecule has 0 nitrogen and oxygen atoms in total. The van der Waals surface area contributed by atoms with E-state index in [0.717, 1.165) is 5.92 Å². The van der Waals surface area contributed by atoms with E-state index in [1.807, 2.05) is 0 Å². The second-order valence-corrected chi connectivity index (χ2v) is 5.99. The molecule has 1 radical (unpaired) electrons. The molecule has 0 heteroatoms. The minimum atomic E-state index is 0.227. The molecule has 0 aliphatic rings. The highest BCUT2D eigenvalue weighted by atomic mass is 14.3. The van der Waals surface area contributed by atoms with E-state index >= 15 is 0 Å². The summed E-state index contributed by atoms with van der Waals surface area (Å²) in [4.78, 5) is 0. The first-order valence-electron chi connectivity index (χ1n) is 4.98. The highest BCUT2D eigenvalue weighted by molar-refractivity contribution is 4.78. The van der Waals surface area contributed by atoms with Gasteiger partial charge in [-0.3, -0.25) is 0 Å². The molecule has 0 aliphatic heterocycles. The van der Waals surface area contributed by atoms with Crippen molar-refractivity contribution in [1.29, 1.82) is 0 Å². The van der Waals surface area contributed by atoms with Crippen molar-refractivity contribution in [3.8, 4) is 0 Å². The lowest BCUT2D eigenvalue weighted by Crippen LogP contribution is -2.19. The third kappa shape index (κ3) is 5.62. The van der Waals surface area contributed by atoms with Crippen molar-refractivity contribution in [3.63, 3.8) is 0 Å². The Bertz CT molecular complexity index is 120. The zero-order chi connectivity index (χ0) is 9.99. The minimum Gasteiger partial charge on any atom is -0.0620 e. The lowest BCUT2D eigenvalue weighted by molar-refractivity contribution is 0.240. The van der Waals surface area contributed by atoms with Crippen LogP contribution in [0.5, 0.6) is 0 Å². The molecule has 0 fully saturated rings. The molecular formula is C12H25. The van der Waals surface area contributed by atoms with Gasteiger partial charge in [-0.05, 0) is 36.5 Å². The second-order valence-electron chi connectivity index (χ2n) is 5.99. The Morgan fingerprint density at radius 1 is 1.08 bits per heavy atom. The maximum absolute atomic E-state index is 4.17. The van der Waals surface area contributed by atoms with Crippen LogP contribution in [0.1, 0.15) is 54.4 Å². The maximum Gasteiger partial charge on any atom is -0.0328 e. The fraction of sp³-hybridized carbons (Fsp3) is 0.917. The summed E-state index contributed by atoms with van der Waals surface area (Å²) in [6.45, 7) is 17.8. The Morgan fingerprint density at radius 2 is 1.50 bits per heavy atom. The van der Waals surface area contributed by atoms with Crippen LogP contribution in [-0.2, 0) is 0 Å². The van der Waals surface area contributed by atoms with Gasteiger partial charge in [-0.15, -0.1) is 0 Å². The van der Waals surface area contributed by atoms with Crippen molar-refractivity contribution in [3.05, 3.63) is 6.92 Å². The lowest BCUT2D eigenvalue weighted by Gasteiger charge is -2.29. The fourth-order valence-corrected chi connectivity index (χ4v) is 1.04. The normalized spacial score (nSPS) is 16.2. The predicted octanol–water partition coefficient (Wildman–Crippen LogP) is 4.31. The van der Waals surface area contributed by atoms with Gasteiger partial charge in [0, 0.05) is 0 Å². The van der Waals surface area contributed by atoms with E-state index in [4.69, 9.17) is 0 Å². The highest BCUT2D eigenvalue weighted by Gasteiger charge is 2.21. The molecule has 0 aromatic heterocycles. The van der Waals surface area contributed by atoms with Crippen LogP contribution in [0.25, 0.3) is 0 Å². The smallest absolute Gasteiger partial charge is 0.0328 e. The molecule has 0 amide bonds. The molecule has 0 aromatic rings. The van der Waals surface area contributed by atoms with Gasteiger partial charge in [0.25, 0.3) is 0 Å². The van der Waals surface area contributed by atoms with Crippen LogP contribution in [0, 0.1) is 23.7 Å². The Morgan fingerprint density at radius 3 is 1.75 bits per heavy atom. The van der Waals surface area contributed by atoms with E-state index < -0.39 is 0 Å². The molecule has 0 rings (SSSR count). The summed E-state index contributed by atoms with van der Waals surface area (Å²) in [5.41, 5.74) is 0.699. The average molecular weight is 169 g/mol. The Balaban J connectivity index is 3.80. The molecule has 0 aromatic carbocycles. The molecule has 73 valence electrons. The zero-order valence-corrected chi connectivity index (χ0v) is 9.70. The van der Waals surface area contributed by atoms with Gasteiger partial charge >= 0.3 is 0 Å². The summed E-state index contributed by atoms with van der Waals surface area (Å²) in [6.07, 6.45) is 2.59. The first-order valence-corrected chi connectivity index (χ1v) is 4.98. The van der Waals surface area contributed by atoms with Gasteiger partial charge in [-0.2, -0.15) is 0 Å². The van der Waals surface area contributed by atoms with Crippen LogP contribution in [0.4, 0.5) is 0 Å². The van der Waals surface area contributed by atoms with Crippen molar-refractivity contribution >= 4 is 0 Å². The van der Waals surface area contributed by atoms with E-state index in [9.17, 15) is 0 Å². The van der Waals surface area contributed by atoms with E-state index in [1.54, 1.807) is 0 Å². The van der Waals surface area contributed by atoms with E-state index in [0.29, 0.717) is 5.41 Å². The van der Waals surface area contributed by atoms with E-state index in [1.165, 1.54) is 12.8 Å². The minimum absolute atomic E-state index is 0.227. The van der Waals surface area contributed by atoms with Crippen LogP contribution < -0.4 is 0 Å². The third-order valence-corrected chi connectivity index (χ3v) is 2.66. The lowest BCUT2D eigenvalue weighted by atomic mass is 9.76. The van der Waals surface area contributed by atoms with Gasteiger partial charge in [-0.25, -0.2) is 0 Å². The first kappa shape index (κ1) is 12.0. The molecule has 12 heavy (non-hydrogen) atoms. The summed E-state index contributed by atoms with van der Waals surface area (Å²) in [5, 5.41) is 0. The molecular weight excluding hydrogens is 144 g/mol. The molecule has 0 saturated heterocycles. The van der Waals surface area contributed by atoms with Crippen molar-refractivity contribution in [2.75, 3.05) is 0 Å². The summed E-state index contributed by atoms with van der Waals surface area (Å²) in [6, 6.07) is 0. The van der Waals surface area contributed by atoms with Crippen LogP contribution in [-0.4, -0.2) is 0 Å². The largest absolute Gasteiger partial charge is 0.0620 e. The summed E-state index contributed by atoms with van der Waals surface area (Å²) < 4.78 is 0. The molecule has 0 bridgehead atoms. The Labute approximate surface area is 78.8 Å². The molecule has 1 unspecified atom stereocenters. The summed E-state index contributed by atoms with van der Waals surface area (Å²) >= 11 is 0. The molecule has 0 heterocycles. The van der Waals surface area contributed by atoms with Gasteiger partial charge in [0.2, 0.25) is 0 Å². The SMILES string of the molecule is [CH2]C(C)(C)C(C)CCC(C)(C)C. The average Bonchev–Trinajstić information content (AvgIpc) is 1.78. The fourth-order valence-electron chi connectivity index (χ4n) is 1.04. The Hall–Kier alpha value is 0. The summed E-state index contributed by atoms with van der Waals surface area (Å²) in [7, 11) is 0. The van der Waals surface area contributed by atoms with Gasteiger partial charge in [0.05, 0.1) is 0 Å². The zero-order valence-electron chi connectivity index (χ0n) is 9.70. The van der Waals surface area contributed by atoms with Gasteiger partial charge in [-0.1, -0.05) is 41.5 Å². The van der Waals surface area contributed by atoms with Crippen LogP contribution >= 0.6 is 0 Å². The van der Waals surface area contributed by atoms with E-state index in [-0.39, 0.29) is 5.41 Å². The number of hydrogen-bond acceptors (Lipinski definition) is 0.